The summed E-state index contributed by atoms with van der Waals surface area (Å²) in [5, 5.41) is 9.76. The van der Waals surface area contributed by atoms with Gasteiger partial charge in [-0.05, 0) is 38.5 Å². The molecule has 0 heterocycles. The van der Waals surface area contributed by atoms with Gasteiger partial charge >= 0.3 is 0 Å². The van der Waals surface area contributed by atoms with Crippen LogP contribution in [0.25, 0.3) is 0 Å². The summed E-state index contributed by atoms with van der Waals surface area (Å²) < 4.78 is 0. The number of hydrogen-bond acceptors (Lipinski definition) is 2. The Hall–Kier alpha value is -1.26. The quantitative estimate of drug-likeness (QED) is 0.365. The molecule has 0 spiro atoms. The van der Waals surface area contributed by atoms with Gasteiger partial charge in [-0.2, -0.15) is 0 Å². The van der Waals surface area contributed by atoms with Crippen LogP contribution in [0.4, 0.5) is 0 Å². The number of aliphatic imine (C=N–C) groups is 1. The topological polar surface area (TPSA) is 65.5 Å². The third-order valence-electron chi connectivity index (χ3n) is 4.43. The van der Waals surface area contributed by atoms with Crippen LogP contribution < -0.4 is 16.0 Å². The van der Waals surface area contributed by atoms with Crippen LogP contribution >= 0.6 is 0 Å². The van der Waals surface area contributed by atoms with E-state index in [2.05, 4.69) is 34.8 Å². The Morgan fingerprint density at radius 3 is 2.39 bits per heavy atom. The molecule has 1 aliphatic rings. The summed E-state index contributed by atoms with van der Waals surface area (Å²) in [6.45, 7) is 10.2. The van der Waals surface area contributed by atoms with Crippen LogP contribution in [-0.4, -0.2) is 37.5 Å². The number of carbonyl (C=O) groups excluding carboxylic acids is 1. The molecular formula is C18H36N4O. The highest BCUT2D eigenvalue weighted by molar-refractivity contribution is 5.80. The molecule has 1 rings (SSSR count). The van der Waals surface area contributed by atoms with Gasteiger partial charge in [-0.1, -0.05) is 33.6 Å². The molecular weight excluding hydrogens is 288 g/mol. The zero-order valence-electron chi connectivity index (χ0n) is 15.5. The summed E-state index contributed by atoms with van der Waals surface area (Å²) in [5.41, 5.74) is 0. The van der Waals surface area contributed by atoms with Crippen molar-refractivity contribution in [3.05, 3.63) is 0 Å². The van der Waals surface area contributed by atoms with Crippen molar-refractivity contribution >= 4 is 11.9 Å². The first-order valence-corrected chi connectivity index (χ1v) is 9.39. The van der Waals surface area contributed by atoms with Gasteiger partial charge in [0.25, 0.3) is 0 Å². The first-order valence-electron chi connectivity index (χ1n) is 9.39. The highest BCUT2D eigenvalue weighted by atomic mass is 16.1. The van der Waals surface area contributed by atoms with E-state index < -0.39 is 0 Å². The van der Waals surface area contributed by atoms with Crippen LogP contribution in [0, 0.1) is 11.8 Å². The lowest BCUT2D eigenvalue weighted by atomic mass is 9.83. The maximum Gasteiger partial charge on any atom is 0.222 e. The van der Waals surface area contributed by atoms with E-state index in [1.54, 1.807) is 0 Å². The average Bonchev–Trinajstić information content (AvgIpc) is 2.53. The maximum absolute atomic E-state index is 11.5. The maximum atomic E-state index is 11.5. The van der Waals surface area contributed by atoms with E-state index in [1.807, 2.05) is 13.8 Å². The molecule has 1 saturated carbocycles. The zero-order valence-corrected chi connectivity index (χ0v) is 15.5. The van der Waals surface area contributed by atoms with E-state index in [9.17, 15) is 4.79 Å². The molecule has 3 N–H and O–H groups in total. The zero-order chi connectivity index (χ0) is 17.1. The van der Waals surface area contributed by atoms with Crippen LogP contribution in [0.1, 0.15) is 66.2 Å². The van der Waals surface area contributed by atoms with E-state index in [4.69, 9.17) is 0 Å². The lowest BCUT2D eigenvalue weighted by molar-refractivity contribution is -0.123. The van der Waals surface area contributed by atoms with E-state index in [0.717, 1.165) is 18.4 Å². The molecule has 1 aliphatic carbocycles. The van der Waals surface area contributed by atoms with E-state index in [1.165, 1.54) is 38.5 Å². The molecule has 0 aromatic carbocycles. The highest BCUT2D eigenvalue weighted by Crippen LogP contribution is 2.27. The van der Waals surface area contributed by atoms with Crippen molar-refractivity contribution in [1.82, 2.24) is 16.0 Å². The number of carbonyl (C=O) groups is 1. The fourth-order valence-corrected chi connectivity index (χ4v) is 3.07. The Morgan fingerprint density at radius 2 is 1.83 bits per heavy atom. The second kappa shape index (κ2) is 11.3. The number of nitrogens with one attached hydrogen (secondary N) is 3. The Morgan fingerprint density at radius 1 is 1.13 bits per heavy atom. The van der Waals surface area contributed by atoms with Gasteiger partial charge in [-0.25, -0.2) is 0 Å². The monoisotopic (exact) mass is 324 g/mol. The Balaban J connectivity index is 2.34. The summed E-state index contributed by atoms with van der Waals surface area (Å²) in [4.78, 5) is 16.1. The molecule has 1 fully saturated rings. The minimum atomic E-state index is 0.0312. The number of guanidine groups is 1. The van der Waals surface area contributed by atoms with Gasteiger partial charge in [-0.15, -0.1) is 0 Å². The molecule has 0 saturated heterocycles. The largest absolute Gasteiger partial charge is 0.357 e. The van der Waals surface area contributed by atoms with Crippen molar-refractivity contribution in [1.29, 1.82) is 0 Å². The van der Waals surface area contributed by atoms with Gasteiger partial charge in [0.15, 0.2) is 5.96 Å². The molecule has 1 amide bonds. The van der Waals surface area contributed by atoms with Gasteiger partial charge in [0.05, 0.1) is 6.54 Å². The molecule has 5 nitrogen and oxygen atoms in total. The van der Waals surface area contributed by atoms with Gasteiger partial charge in [0.1, 0.15) is 0 Å². The van der Waals surface area contributed by atoms with Crippen molar-refractivity contribution in [2.45, 2.75) is 72.3 Å². The summed E-state index contributed by atoms with van der Waals surface area (Å²) in [5.74, 6) is 1.92. The standard InChI is InChI=1S/C18H36N4O/c1-5-7-15-8-10-16(11-9-15)22-18(19-6-2)21-13-12-20-17(23)14(3)4/h14-16H,5-13H2,1-4H3,(H,20,23)(H2,19,21,22). The minimum Gasteiger partial charge on any atom is -0.357 e. The normalized spacial score (nSPS) is 22.0. The third kappa shape index (κ3) is 8.24. The lowest BCUT2D eigenvalue weighted by Gasteiger charge is -2.30. The van der Waals surface area contributed by atoms with Gasteiger partial charge < -0.3 is 16.0 Å². The Labute approximate surface area is 142 Å². The number of hydrogen-bond donors (Lipinski definition) is 3. The summed E-state index contributed by atoms with van der Waals surface area (Å²) in [6.07, 6.45) is 7.80. The molecule has 5 heteroatoms. The van der Waals surface area contributed by atoms with Crippen molar-refractivity contribution in [2.24, 2.45) is 16.8 Å². The second-order valence-corrected chi connectivity index (χ2v) is 6.86. The third-order valence-corrected chi connectivity index (χ3v) is 4.43. The van der Waals surface area contributed by atoms with Crippen LogP contribution in [0.2, 0.25) is 0 Å². The predicted octanol–water partition coefficient (Wildman–Crippen LogP) is 2.67. The SMILES string of the molecule is CCCC1CCC(NC(=NCCNC(=O)C(C)C)NCC)CC1. The molecule has 0 aromatic rings. The van der Waals surface area contributed by atoms with Crippen molar-refractivity contribution < 1.29 is 4.79 Å². The molecule has 23 heavy (non-hydrogen) atoms. The van der Waals surface area contributed by atoms with Crippen LogP contribution in [0.15, 0.2) is 4.99 Å². The molecule has 134 valence electrons. The summed E-state index contributed by atoms with van der Waals surface area (Å²) in [6, 6.07) is 0.533. The van der Waals surface area contributed by atoms with Crippen molar-refractivity contribution in [3.63, 3.8) is 0 Å². The van der Waals surface area contributed by atoms with Crippen molar-refractivity contribution in [3.8, 4) is 0 Å². The first kappa shape index (κ1) is 19.8. The Kier molecular flexibility index (Phi) is 9.72. The highest BCUT2D eigenvalue weighted by Gasteiger charge is 2.21. The molecule has 0 radical (unpaired) electrons. The predicted molar refractivity (Wildman–Crippen MR) is 97.6 cm³/mol. The van der Waals surface area contributed by atoms with Crippen LogP contribution in [0.5, 0.6) is 0 Å². The molecule has 0 atom stereocenters. The van der Waals surface area contributed by atoms with Gasteiger partial charge in [-0.3, -0.25) is 9.79 Å². The lowest BCUT2D eigenvalue weighted by Crippen LogP contribution is -2.45. The van der Waals surface area contributed by atoms with Crippen molar-refractivity contribution in [2.75, 3.05) is 19.6 Å². The summed E-state index contributed by atoms with van der Waals surface area (Å²) in [7, 11) is 0. The van der Waals surface area contributed by atoms with E-state index >= 15 is 0 Å². The number of amides is 1. The van der Waals surface area contributed by atoms with Gasteiger partial charge in [0, 0.05) is 25.0 Å². The number of nitrogens with zero attached hydrogens (tertiary/aromatic N) is 1. The van der Waals surface area contributed by atoms with Crippen LogP contribution in [0.3, 0.4) is 0 Å². The van der Waals surface area contributed by atoms with Gasteiger partial charge in [0.2, 0.25) is 5.91 Å². The van der Waals surface area contributed by atoms with E-state index in [-0.39, 0.29) is 11.8 Å². The minimum absolute atomic E-state index is 0.0312. The Bertz CT molecular complexity index is 360. The molecule has 0 aliphatic heterocycles. The number of rotatable bonds is 8. The fraction of sp³-hybridized carbons (Fsp3) is 0.889. The molecule has 0 bridgehead atoms. The molecule has 0 unspecified atom stereocenters. The van der Waals surface area contributed by atoms with E-state index in [0.29, 0.717) is 19.1 Å². The molecule has 0 aromatic heterocycles. The average molecular weight is 325 g/mol. The summed E-state index contributed by atoms with van der Waals surface area (Å²) >= 11 is 0. The fourth-order valence-electron chi connectivity index (χ4n) is 3.07. The second-order valence-electron chi connectivity index (χ2n) is 6.86. The first-order chi connectivity index (χ1) is 11.1. The smallest absolute Gasteiger partial charge is 0.222 e. The van der Waals surface area contributed by atoms with Crippen LogP contribution in [-0.2, 0) is 4.79 Å².